The zero-order valence-corrected chi connectivity index (χ0v) is 14.5. The van der Waals surface area contributed by atoms with Gasteiger partial charge in [-0.05, 0) is 34.8 Å². The number of alkyl halides is 1. The lowest BCUT2D eigenvalue weighted by Gasteiger charge is -2.51. The van der Waals surface area contributed by atoms with E-state index in [0.29, 0.717) is 4.49 Å². The molecule has 0 radical (unpaired) electrons. The van der Waals surface area contributed by atoms with E-state index >= 15 is 0 Å². The van der Waals surface area contributed by atoms with E-state index < -0.39 is 0 Å². The monoisotopic (exact) mass is 378 g/mol. The van der Waals surface area contributed by atoms with Crippen LogP contribution in [-0.4, -0.2) is 4.32 Å². The first-order valence-corrected chi connectivity index (χ1v) is 8.50. The van der Waals surface area contributed by atoms with E-state index in [-0.39, 0.29) is 16.2 Å². The average molecular weight is 380 g/mol. The van der Waals surface area contributed by atoms with Crippen molar-refractivity contribution >= 4 is 39.1 Å². The Hall–Kier alpha value is -0.760. The molecule has 3 aliphatic carbocycles. The molecular weight excluding hydrogens is 367 g/mol. The van der Waals surface area contributed by atoms with E-state index in [1.54, 1.807) is 0 Å². The number of halogens is 3. The van der Waals surface area contributed by atoms with Crippen LogP contribution in [0.2, 0.25) is 0 Å². The molecule has 0 amide bonds. The van der Waals surface area contributed by atoms with E-state index in [1.807, 2.05) is 0 Å². The fourth-order valence-electron chi connectivity index (χ4n) is 4.04. The van der Waals surface area contributed by atoms with Gasteiger partial charge in [0.05, 0.1) is 4.32 Å². The fraction of sp³-hybridized carbons (Fsp3) is 0.222. The van der Waals surface area contributed by atoms with E-state index in [2.05, 4.69) is 71.4 Å². The molecule has 0 aromatic heterocycles. The minimum atomic E-state index is -0.251. The zero-order chi connectivity index (χ0) is 14.8. The third-order valence-corrected chi connectivity index (χ3v) is 6.09. The van der Waals surface area contributed by atoms with E-state index in [4.69, 9.17) is 23.2 Å². The molecule has 0 spiro atoms. The van der Waals surface area contributed by atoms with E-state index in [0.717, 1.165) is 5.57 Å². The molecule has 0 aliphatic heterocycles. The molecule has 0 saturated carbocycles. The summed E-state index contributed by atoms with van der Waals surface area (Å²) >= 11 is 16.5. The maximum absolute atomic E-state index is 6.28. The predicted molar refractivity (Wildman–Crippen MR) is 92.6 cm³/mol. The summed E-state index contributed by atoms with van der Waals surface area (Å²) in [6, 6.07) is 17.2. The van der Waals surface area contributed by atoms with Crippen LogP contribution < -0.4 is 0 Å². The molecule has 0 saturated heterocycles. The Labute approximate surface area is 142 Å². The molecule has 2 bridgehead atoms. The molecule has 0 fully saturated rings. The van der Waals surface area contributed by atoms with Crippen LogP contribution in [0.3, 0.4) is 0 Å². The van der Waals surface area contributed by atoms with Crippen molar-refractivity contribution in [1.82, 2.24) is 0 Å². The maximum atomic E-state index is 6.28. The average Bonchev–Trinajstić information content (AvgIpc) is 2.45. The highest BCUT2D eigenvalue weighted by atomic mass is 79.9. The second-order valence-corrected chi connectivity index (χ2v) is 8.47. The van der Waals surface area contributed by atoms with Gasteiger partial charge in [-0.3, -0.25) is 0 Å². The fourth-order valence-corrected chi connectivity index (χ4v) is 5.79. The molecule has 1 unspecified atom stereocenters. The normalized spacial score (nSPS) is 29.0. The molecule has 0 N–H and O–H groups in total. The Balaban J connectivity index is 2.15. The van der Waals surface area contributed by atoms with Gasteiger partial charge in [0.1, 0.15) is 4.49 Å². The van der Waals surface area contributed by atoms with Gasteiger partial charge in [-0.1, -0.05) is 87.7 Å². The number of rotatable bonds is 0. The summed E-state index contributed by atoms with van der Waals surface area (Å²) in [4.78, 5) is 0. The van der Waals surface area contributed by atoms with Crippen molar-refractivity contribution in [2.24, 2.45) is 0 Å². The van der Waals surface area contributed by atoms with Crippen LogP contribution in [0, 0.1) is 0 Å². The summed E-state index contributed by atoms with van der Waals surface area (Å²) < 4.78 is 0.132. The molecule has 5 rings (SSSR count). The van der Waals surface area contributed by atoms with Crippen molar-refractivity contribution in [2.45, 2.75) is 23.1 Å². The van der Waals surface area contributed by atoms with Crippen LogP contribution in [-0.2, 0) is 0 Å². The molecule has 21 heavy (non-hydrogen) atoms. The molecule has 3 aliphatic rings. The Kier molecular flexibility index (Phi) is 3.05. The SMILES string of the molecule is CC1(Br)C(=C(Cl)Cl)C2c3ccccc3C1c1ccccc12. The second-order valence-electron chi connectivity index (χ2n) is 5.87. The Morgan fingerprint density at radius 1 is 0.905 bits per heavy atom. The van der Waals surface area contributed by atoms with Crippen molar-refractivity contribution in [2.75, 3.05) is 0 Å². The predicted octanol–water partition coefficient (Wildman–Crippen LogP) is 6.12. The van der Waals surface area contributed by atoms with Gasteiger partial charge in [0.25, 0.3) is 0 Å². The summed E-state index contributed by atoms with van der Waals surface area (Å²) in [5.41, 5.74) is 6.48. The topological polar surface area (TPSA) is 0 Å². The molecule has 0 heterocycles. The number of fused-ring (bicyclic) bond motifs is 1. The van der Waals surface area contributed by atoms with Crippen LogP contribution in [0.25, 0.3) is 0 Å². The van der Waals surface area contributed by atoms with E-state index in [1.165, 1.54) is 22.3 Å². The standard InChI is InChI=1S/C18H13BrCl2/c1-18(19)15-12-8-4-2-6-10(12)14(16(18)17(20)21)11-7-3-5-9-13(11)15/h2-9,14-15H,1H3. The maximum Gasteiger partial charge on any atom is 0.108 e. The quantitative estimate of drug-likeness (QED) is 0.483. The van der Waals surface area contributed by atoms with Gasteiger partial charge in [-0.15, -0.1) is 0 Å². The first-order valence-electron chi connectivity index (χ1n) is 6.95. The summed E-state index contributed by atoms with van der Waals surface area (Å²) in [5, 5.41) is 0. The Bertz CT molecular complexity index is 725. The minimum absolute atomic E-state index is 0.136. The zero-order valence-electron chi connectivity index (χ0n) is 11.4. The van der Waals surface area contributed by atoms with Crippen molar-refractivity contribution in [1.29, 1.82) is 0 Å². The van der Waals surface area contributed by atoms with Gasteiger partial charge in [0.15, 0.2) is 0 Å². The first-order chi connectivity index (χ1) is 10.0. The van der Waals surface area contributed by atoms with E-state index in [9.17, 15) is 0 Å². The van der Waals surface area contributed by atoms with Crippen LogP contribution in [0.5, 0.6) is 0 Å². The van der Waals surface area contributed by atoms with Gasteiger partial charge in [0, 0.05) is 11.8 Å². The van der Waals surface area contributed by atoms with Crippen molar-refractivity contribution in [3.63, 3.8) is 0 Å². The summed E-state index contributed by atoms with van der Waals surface area (Å²) in [6.07, 6.45) is 0. The minimum Gasteiger partial charge on any atom is -0.0796 e. The Morgan fingerprint density at radius 2 is 1.33 bits per heavy atom. The van der Waals surface area contributed by atoms with Gasteiger partial charge in [-0.25, -0.2) is 0 Å². The highest BCUT2D eigenvalue weighted by Gasteiger charge is 2.53. The molecular formula is C18H13BrCl2. The summed E-state index contributed by atoms with van der Waals surface area (Å²) in [5.74, 6) is 0.370. The lowest BCUT2D eigenvalue weighted by atomic mass is 9.57. The van der Waals surface area contributed by atoms with Crippen molar-refractivity contribution in [3.8, 4) is 0 Å². The van der Waals surface area contributed by atoms with Crippen LogP contribution in [0.1, 0.15) is 41.0 Å². The van der Waals surface area contributed by atoms with Gasteiger partial charge >= 0.3 is 0 Å². The van der Waals surface area contributed by atoms with Crippen LogP contribution >= 0.6 is 39.1 Å². The third-order valence-electron chi connectivity index (χ3n) is 4.80. The lowest BCUT2D eigenvalue weighted by molar-refractivity contribution is 0.542. The third kappa shape index (κ3) is 1.75. The van der Waals surface area contributed by atoms with Gasteiger partial charge in [-0.2, -0.15) is 0 Å². The lowest BCUT2D eigenvalue weighted by Crippen LogP contribution is -2.43. The number of hydrogen-bond acceptors (Lipinski definition) is 0. The molecule has 2 aromatic carbocycles. The molecule has 0 nitrogen and oxygen atoms in total. The molecule has 1 atom stereocenters. The number of benzene rings is 2. The first kappa shape index (κ1) is 13.9. The van der Waals surface area contributed by atoms with Crippen molar-refractivity contribution < 1.29 is 0 Å². The highest BCUT2D eigenvalue weighted by Crippen LogP contribution is 2.63. The van der Waals surface area contributed by atoms with Gasteiger partial charge in [0.2, 0.25) is 0 Å². The molecule has 106 valence electrons. The van der Waals surface area contributed by atoms with Crippen molar-refractivity contribution in [3.05, 3.63) is 80.8 Å². The smallest absolute Gasteiger partial charge is 0.0796 e. The Morgan fingerprint density at radius 3 is 1.76 bits per heavy atom. The van der Waals surface area contributed by atoms with Crippen LogP contribution in [0.4, 0.5) is 0 Å². The summed E-state index contributed by atoms with van der Waals surface area (Å²) in [6.45, 7) is 2.18. The second kappa shape index (κ2) is 4.62. The number of allylic oxidation sites excluding steroid dienone is 1. The molecule has 2 aromatic rings. The molecule has 3 heteroatoms. The van der Waals surface area contributed by atoms with Crippen LogP contribution in [0.15, 0.2) is 58.6 Å². The largest absolute Gasteiger partial charge is 0.108 e. The van der Waals surface area contributed by atoms with Gasteiger partial charge < -0.3 is 0 Å². The highest BCUT2D eigenvalue weighted by molar-refractivity contribution is 9.10. The summed E-state index contributed by atoms with van der Waals surface area (Å²) in [7, 11) is 0. The number of hydrogen-bond donors (Lipinski definition) is 0.